The normalized spacial score (nSPS) is 22.4. The predicted molar refractivity (Wildman–Crippen MR) is 68.1 cm³/mol. The maximum absolute atomic E-state index is 5.08. The zero-order chi connectivity index (χ0) is 9.97. The van der Waals surface area contributed by atoms with Gasteiger partial charge in [-0.25, -0.2) is 0 Å². The fourth-order valence-corrected chi connectivity index (χ4v) is 2.66. The van der Waals surface area contributed by atoms with E-state index in [9.17, 15) is 0 Å². The molecule has 1 heterocycles. The minimum atomic E-state index is 0.0914. The quantitative estimate of drug-likeness (QED) is 0.469. The topological polar surface area (TPSA) is 15.3 Å². The lowest BCUT2D eigenvalue weighted by molar-refractivity contribution is 0.438. The van der Waals surface area contributed by atoms with Gasteiger partial charge in [0.25, 0.3) is 0 Å². The molecule has 1 unspecified atom stereocenters. The Morgan fingerprint density at radius 1 is 1.43 bits per heavy atom. The van der Waals surface area contributed by atoms with E-state index in [0.717, 1.165) is 11.5 Å². The number of nitrogens with one attached hydrogen (secondary N) is 1. The summed E-state index contributed by atoms with van der Waals surface area (Å²) >= 11 is 11.0. The second-order valence-electron chi connectivity index (χ2n) is 2.96. The number of hydrazine groups is 1. The smallest absolute Gasteiger partial charge is 0.115 e. The summed E-state index contributed by atoms with van der Waals surface area (Å²) in [6.07, 6.45) is 0. The minimum Gasteiger partial charge on any atom is -0.301 e. The zero-order valence-corrected chi connectivity index (χ0v) is 9.91. The van der Waals surface area contributed by atoms with Gasteiger partial charge in [0, 0.05) is 0 Å². The van der Waals surface area contributed by atoms with Crippen LogP contribution >= 0.6 is 36.8 Å². The predicted octanol–water partition coefficient (Wildman–Crippen LogP) is 2.24. The molecule has 1 aromatic rings. The fourth-order valence-electron chi connectivity index (χ4n) is 1.20. The first-order valence-electron chi connectivity index (χ1n) is 4.22. The standard InChI is InChI=1S/C9H10N2S3/c12-8-9(13)14-11(10-8)6-7-4-2-1-3-5-7/h1-5,9,13H,6H2,(H,10,12). The third kappa shape index (κ3) is 2.42. The number of hydrogen-bond acceptors (Lipinski definition) is 4. The Morgan fingerprint density at radius 3 is 2.71 bits per heavy atom. The van der Waals surface area contributed by atoms with Gasteiger partial charge in [-0.1, -0.05) is 42.5 Å². The summed E-state index contributed by atoms with van der Waals surface area (Å²) in [4.78, 5) is 0.786. The SMILES string of the molecule is S=C1NN(Cc2ccccc2)SC1S. The van der Waals surface area contributed by atoms with Crippen molar-refractivity contribution in [3.63, 3.8) is 0 Å². The van der Waals surface area contributed by atoms with E-state index in [1.54, 1.807) is 11.9 Å². The summed E-state index contributed by atoms with van der Waals surface area (Å²) in [5.41, 5.74) is 4.37. The second-order valence-corrected chi connectivity index (χ2v) is 5.38. The molecular weight excluding hydrogens is 232 g/mol. The highest BCUT2D eigenvalue weighted by atomic mass is 32.2. The van der Waals surface area contributed by atoms with E-state index in [1.165, 1.54) is 5.56 Å². The average Bonchev–Trinajstić information content (AvgIpc) is 2.47. The van der Waals surface area contributed by atoms with Crippen LogP contribution in [0.15, 0.2) is 30.3 Å². The highest BCUT2D eigenvalue weighted by molar-refractivity contribution is 8.11. The molecule has 1 fully saturated rings. The van der Waals surface area contributed by atoms with Crippen molar-refractivity contribution in [1.82, 2.24) is 9.84 Å². The number of thiol groups is 1. The third-order valence-electron chi connectivity index (χ3n) is 1.86. The van der Waals surface area contributed by atoms with E-state index in [0.29, 0.717) is 0 Å². The van der Waals surface area contributed by atoms with Gasteiger partial charge in [0.05, 0.1) is 6.54 Å². The van der Waals surface area contributed by atoms with Crippen molar-refractivity contribution in [2.24, 2.45) is 0 Å². The number of benzene rings is 1. The summed E-state index contributed by atoms with van der Waals surface area (Å²) in [7, 11) is 0. The van der Waals surface area contributed by atoms with Crippen LogP contribution in [0.5, 0.6) is 0 Å². The van der Waals surface area contributed by atoms with Crippen LogP contribution in [0.4, 0.5) is 0 Å². The van der Waals surface area contributed by atoms with E-state index in [-0.39, 0.29) is 4.58 Å². The molecule has 1 aliphatic rings. The molecule has 1 aliphatic heterocycles. The van der Waals surface area contributed by atoms with Crippen LogP contribution in [-0.4, -0.2) is 14.0 Å². The first kappa shape index (κ1) is 10.3. The van der Waals surface area contributed by atoms with Gasteiger partial charge in [0.2, 0.25) is 0 Å². The van der Waals surface area contributed by atoms with Crippen molar-refractivity contribution < 1.29 is 0 Å². The Morgan fingerprint density at radius 2 is 2.14 bits per heavy atom. The van der Waals surface area contributed by atoms with Gasteiger partial charge in [-0.2, -0.15) is 17.0 Å². The van der Waals surface area contributed by atoms with Gasteiger partial charge in [0.1, 0.15) is 9.57 Å². The first-order chi connectivity index (χ1) is 6.75. The van der Waals surface area contributed by atoms with Crippen LogP contribution in [0.1, 0.15) is 5.56 Å². The molecule has 0 bridgehead atoms. The number of hydrogen-bond donors (Lipinski definition) is 2. The van der Waals surface area contributed by atoms with Gasteiger partial charge < -0.3 is 5.43 Å². The van der Waals surface area contributed by atoms with Crippen LogP contribution in [0.2, 0.25) is 0 Å². The zero-order valence-electron chi connectivity index (χ0n) is 7.38. The van der Waals surface area contributed by atoms with Crippen molar-refractivity contribution in [3.05, 3.63) is 35.9 Å². The number of nitrogens with zero attached hydrogens (tertiary/aromatic N) is 1. The van der Waals surface area contributed by atoms with E-state index in [1.807, 2.05) is 22.6 Å². The molecule has 1 N–H and O–H groups in total. The molecule has 14 heavy (non-hydrogen) atoms. The molecule has 74 valence electrons. The van der Waals surface area contributed by atoms with Crippen molar-refractivity contribution in [1.29, 1.82) is 0 Å². The number of thiocarbonyl (C=S) groups is 1. The fraction of sp³-hybridized carbons (Fsp3) is 0.222. The maximum Gasteiger partial charge on any atom is 0.115 e. The van der Waals surface area contributed by atoms with Crippen molar-refractivity contribution >= 4 is 41.8 Å². The van der Waals surface area contributed by atoms with Gasteiger partial charge >= 0.3 is 0 Å². The molecule has 0 amide bonds. The monoisotopic (exact) mass is 242 g/mol. The van der Waals surface area contributed by atoms with Crippen LogP contribution in [0.25, 0.3) is 0 Å². The average molecular weight is 242 g/mol. The molecule has 0 spiro atoms. The second kappa shape index (κ2) is 4.53. The summed E-state index contributed by atoms with van der Waals surface area (Å²) in [6, 6.07) is 10.3. The molecule has 1 saturated heterocycles. The van der Waals surface area contributed by atoms with Crippen LogP contribution in [0.3, 0.4) is 0 Å². The van der Waals surface area contributed by atoms with Crippen LogP contribution in [-0.2, 0) is 6.54 Å². The maximum atomic E-state index is 5.08. The van der Waals surface area contributed by atoms with Gasteiger partial charge in [0.15, 0.2) is 0 Å². The lowest BCUT2D eigenvalue weighted by Crippen LogP contribution is -2.29. The van der Waals surface area contributed by atoms with Gasteiger partial charge in [-0.3, -0.25) is 0 Å². The van der Waals surface area contributed by atoms with Crippen LogP contribution in [0, 0.1) is 0 Å². The summed E-state index contributed by atoms with van der Waals surface area (Å²) < 4.78 is 2.10. The minimum absolute atomic E-state index is 0.0914. The summed E-state index contributed by atoms with van der Waals surface area (Å²) in [5, 5.41) is 0. The van der Waals surface area contributed by atoms with Gasteiger partial charge in [-0.05, 0) is 17.5 Å². The van der Waals surface area contributed by atoms with E-state index < -0.39 is 0 Å². The molecule has 2 rings (SSSR count). The van der Waals surface area contributed by atoms with Gasteiger partial charge in [-0.15, -0.1) is 0 Å². The van der Waals surface area contributed by atoms with Crippen molar-refractivity contribution in [3.8, 4) is 0 Å². The molecule has 5 heteroatoms. The molecule has 2 nitrogen and oxygen atoms in total. The van der Waals surface area contributed by atoms with E-state index in [2.05, 4.69) is 30.2 Å². The molecule has 0 saturated carbocycles. The highest BCUT2D eigenvalue weighted by Gasteiger charge is 2.24. The highest BCUT2D eigenvalue weighted by Crippen LogP contribution is 2.27. The molecule has 0 aromatic heterocycles. The Labute approximate surface area is 98.6 Å². The van der Waals surface area contributed by atoms with E-state index in [4.69, 9.17) is 12.2 Å². The molecule has 0 radical (unpaired) electrons. The molecular formula is C9H10N2S3. The Bertz CT molecular complexity index is 328. The Kier molecular flexibility index (Phi) is 3.33. The van der Waals surface area contributed by atoms with Crippen molar-refractivity contribution in [2.75, 3.05) is 0 Å². The lowest BCUT2D eigenvalue weighted by Gasteiger charge is -2.13. The third-order valence-corrected chi connectivity index (χ3v) is 3.96. The number of rotatable bonds is 2. The van der Waals surface area contributed by atoms with E-state index >= 15 is 0 Å². The largest absolute Gasteiger partial charge is 0.301 e. The van der Waals surface area contributed by atoms with Crippen molar-refractivity contribution in [2.45, 2.75) is 11.1 Å². The molecule has 1 atom stereocenters. The summed E-state index contributed by atoms with van der Waals surface area (Å²) in [5.74, 6) is 0. The Balaban J connectivity index is 1.97. The summed E-state index contributed by atoms with van der Waals surface area (Å²) in [6.45, 7) is 0.836. The Hall–Kier alpha value is -0.230. The lowest BCUT2D eigenvalue weighted by atomic mass is 10.2. The molecule has 0 aliphatic carbocycles. The molecule has 1 aromatic carbocycles. The first-order valence-corrected chi connectivity index (χ1v) is 5.98. The van der Waals surface area contributed by atoms with Crippen LogP contribution < -0.4 is 5.43 Å².